The van der Waals surface area contributed by atoms with Crippen LogP contribution in [0, 0.1) is 6.92 Å². The molecule has 2 N–H and O–H groups in total. The first-order valence-electron chi connectivity index (χ1n) is 6.71. The molecule has 0 spiro atoms. The third-order valence-corrected chi connectivity index (χ3v) is 4.03. The zero-order valence-electron chi connectivity index (χ0n) is 11.5. The van der Waals surface area contributed by atoms with E-state index in [2.05, 4.69) is 43.1 Å². The average Bonchev–Trinajstić information content (AvgIpc) is 2.42. The quantitative estimate of drug-likeness (QED) is 0.885. The van der Waals surface area contributed by atoms with Crippen LogP contribution >= 0.6 is 0 Å². The number of aryl methyl sites for hydroxylation is 1. The summed E-state index contributed by atoms with van der Waals surface area (Å²) in [6.45, 7) is 5.34. The first kappa shape index (κ1) is 13.5. The lowest BCUT2D eigenvalue weighted by Gasteiger charge is -2.43. The molecule has 0 bridgehead atoms. The van der Waals surface area contributed by atoms with Crippen molar-refractivity contribution in [3.8, 4) is 0 Å². The maximum atomic E-state index is 6.00. The van der Waals surface area contributed by atoms with Crippen LogP contribution in [0.5, 0.6) is 0 Å². The normalized spacial score (nSPS) is 24.4. The maximum absolute atomic E-state index is 6.00. The molecule has 100 valence electrons. The minimum Gasteiger partial charge on any atom is -0.379 e. The Bertz CT molecular complexity index is 369. The van der Waals surface area contributed by atoms with E-state index in [1.165, 1.54) is 11.1 Å². The maximum Gasteiger partial charge on any atom is 0.0662 e. The number of hydrogen-bond donors (Lipinski definition) is 1. The lowest BCUT2D eigenvalue weighted by molar-refractivity contribution is -0.0374. The van der Waals surface area contributed by atoms with Crippen LogP contribution in [0.25, 0.3) is 0 Å². The molecule has 0 aliphatic carbocycles. The minimum absolute atomic E-state index is 0.0170. The Balaban J connectivity index is 2.05. The number of rotatable bonds is 4. The zero-order valence-corrected chi connectivity index (χ0v) is 11.5. The van der Waals surface area contributed by atoms with E-state index in [9.17, 15) is 0 Å². The molecule has 1 heterocycles. The molecule has 3 nitrogen and oxygen atoms in total. The van der Waals surface area contributed by atoms with Gasteiger partial charge in [-0.3, -0.25) is 4.90 Å². The average molecular weight is 248 g/mol. The monoisotopic (exact) mass is 248 g/mol. The van der Waals surface area contributed by atoms with Gasteiger partial charge in [0.2, 0.25) is 0 Å². The largest absolute Gasteiger partial charge is 0.379 e. The Morgan fingerprint density at radius 1 is 1.33 bits per heavy atom. The molecule has 1 aromatic rings. The molecule has 1 fully saturated rings. The highest BCUT2D eigenvalue weighted by atomic mass is 16.5. The molecule has 18 heavy (non-hydrogen) atoms. The van der Waals surface area contributed by atoms with Crippen LogP contribution in [-0.2, 0) is 11.3 Å². The Labute approximate surface area is 110 Å². The predicted molar refractivity (Wildman–Crippen MR) is 74.5 cm³/mol. The Morgan fingerprint density at radius 2 is 2.06 bits per heavy atom. The summed E-state index contributed by atoms with van der Waals surface area (Å²) in [5.74, 6) is 0. The van der Waals surface area contributed by atoms with Crippen LogP contribution in [0.1, 0.15) is 24.0 Å². The first-order valence-corrected chi connectivity index (χ1v) is 6.71. The van der Waals surface area contributed by atoms with Gasteiger partial charge in [-0.05, 0) is 32.4 Å². The lowest BCUT2D eigenvalue weighted by atomic mass is 9.90. The van der Waals surface area contributed by atoms with E-state index < -0.39 is 0 Å². The van der Waals surface area contributed by atoms with Gasteiger partial charge in [0.25, 0.3) is 0 Å². The Hall–Kier alpha value is -0.900. The summed E-state index contributed by atoms with van der Waals surface area (Å²) in [6.07, 6.45) is 2.24. The highest BCUT2D eigenvalue weighted by Gasteiger charge is 2.35. The summed E-state index contributed by atoms with van der Waals surface area (Å²) < 4.78 is 5.63. The molecule has 1 unspecified atom stereocenters. The fraction of sp³-hybridized carbons (Fsp3) is 0.600. The van der Waals surface area contributed by atoms with Gasteiger partial charge in [-0.1, -0.05) is 29.8 Å². The van der Waals surface area contributed by atoms with Crippen molar-refractivity contribution in [2.75, 3.05) is 26.8 Å². The molecular weight excluding hydrogens is 224 g/mol. The van der Waals surface area contributed by atoms with Gasteiger partial charge in [-0.25, -0.2) is 0 Å². The Kier molecular flexibility index (Phi) is 4.38. The van der Waals surface area contributed by atoms with Crippen LogP contribution in [0.4, 0.5) is 0 Å². The summed E-state index contributed by atoms with van der Waals surface area (Å²) in [5, 5.41) is 0. The second kappa shape index (κ2) is 5.83. The standard InChI is InChI=1S/C15H24N2O/c1-13-4-6-14(7-5-13)10-17(2)15(11-16)8-3-9-18-12-15/h4-7H,3,8-12,16H2,1-2H3. The SMILES string of the molecule is Cc1ccc(CN(C)C2(CN)CCCOC2)cc1. The molecule has 1 saturated heterocycles. The number of benzene rings is 1. The van der Waals surface area contributed by atoms with Gasteiger partial charge in [0.05, 0.1) is 12.1 Å². The molecule has 0 aromatic heterocycles. The molecule has 1 aliphatic heterocycles. The van der Waals surface area contributed by atoms with Gasteiger partial charge in [-0.15, -0.1) is 0 Å². The number of likely N-dealkylation sites (N-methyl/N-ethyl adjacent to an activating group) is 1. The highest BCUT2D eigenvalue weighted by molar-refractivity contribution is 5.21. The summed E-state index contributed by atoms with van der Waals surface area (Å²) in [6, 6.07) is 8.71. The first-order chi connectivity index (χ1) is 8.66. The van der Waals surface area contributed by atoms with Gasteiger partial charge >= 0.3 is 0 Å². The third-order valence-electron chi connectivity index (χ3n) is 4.03. The van der Waals surface area contributed by atoms with E-state index in [1.54, 1.807) is 0 Å². The predicted octanol–water partition coefficient (Wildman–Crippen LogP) is 1.93. The summed E-state index contributed by atoms with van der Waals surface area (Å²) >= 11 is 0. The van der Waals surface area contributed by atoms with E-state index in [1.807, 2.05) is 0 Å². The minimum atomic E-state index is 0.0170. The number of nitrogens with two attached hydrogens (primary N) is 1. The molecule has 0 radical (unpaired) electrons. The van der Waals surface area contributed by atoms with E-state index in [0.717, 1.165) is 32.6 Å². The van der Waals surface area contributed by atoms with E-state index in [4.69, 9.17) is 10.5 Å². The fourth-order valence-corrected chi connectivity index (χ4v) is 2.59. The van der Waals surface area contributed by atoms with E-state index in [0.29, 0.717) is 6.54 Å². The van der Waals surface area contributed by atoms with Crippen molar-refractivity contribution in [3.05, 3.63) is 35.4 Å². The van der Waals surface area contributed by atoms with Crippen molar-refractivity contribution in [3.63, 3.8) is 0 Å². The van der Waals surface area contributed by atoms with Gasteiger partial charge in [0.1, 0.15) is 0 Å². The molecule has 1 atom stereocenters. The fourth-order valence-electron chi connectivity index (χ4n) is 2.59. The third kappa shape index (κ3) is 2.91. The molecule has 3 heteroatoms. The molecule has 1 aliphatic rings. The molecule has 0 saturated carbocycles. The zero-order chi connectivity index (χ0) is 13.0. The van der Waals surface area contributed by atoms with E-state index in [-0.39, 0.29) is 5.54 Å². The van der Waals surface area contributed by atoms with Gasteiger partial charge in [0.15, 0.2) is 0 Å². The van der Waals surface area contributed by atoms with Crippen LogP contribution in [-0.4, -0.2) is 37.2 Å². The van der Waals surface area contributed by atoms with Crippen molar-refractivity contribution in [2.24, 2.45) is 5.73 Å². The van der Waals surface area contributed by atoms with Crippen molar-refractivity contribution >= 4 is 0 Å². The number of ether oxygens (including phenoxy) is 1. The number of hydrogen-bond acceptors (Lipinski definition) is 3. The van der Waals surface area contributed by atoms with Gasteiger partial charge in [-0.2, -0.15) is 0 Å². The Morgan fingerprint density at radius 3 is 2.61 bits per heavy atom. The molecule has 2 rings (SSSR count). The van der Waals surface area contributed by atoms with Gasteiger partial charge in [0, 0.05) is 19.7 Å². The van der Waals surface area contributed by atoms with Crippen LogP contribution < -0.4 is 5.73 Å². The van der Waals surface area contributed by atoms with Gasteiger partial charge < -0.3 is 10.5 Å². The van der Waals surface area contributed by atoms with Crippen LogP contribution in [0.2, 0.25) is 0 Å². The topological polar surface area (TPSA) is 38.5 Å². The smallest absolute Gasteiger partial charge is 0.0662 e. The number of nitrogens with zero attached hydrogens (tertiary/aromatic N) is 1. The molecule has 0 amide bonds. The molecule has 1 aromatic carbocycles. The van der Waals surface area contributed by atoms with Crippen molar-refractivity contribution in [2.45, 2.75) is 31.8 Å². The molecular formula is C15H24N2O. The summed E-state index contributed by atoms with van der Waals surface area (Å²) in [7, 11) is 2.15. The van der Waals surface area contributed by atoms with Crippen LogP contribution in [0.3, 0.4) is 0 Å². The second-order valence-electron chi connectivity index (χ2n) is 5.43. The lowest BCUT2D eigenvalue weighted by Crippen LogP contribution is -2.56. The van der Waals surface area contributed by atoms with Crippen molar-refractivity contribution in [1.82, 2.24) is 4.90 Å². The summed E-state index contributed by atoms with van der Waals surface area (Å²) in [5.41, 5.74) is 8.65. The second-order valence-corrected chi connectivity index (χ2v) is 5.43. The van der Waals surface area contributed by atoms with Crippen molar-refractivity contribution in [1.29, 1.82) is 0 Å². The van der Waals surface area contributed by atoms with E-state index >= 15 is 0 Å². The summed E-state index contributed by atoms with van der Waals surface area (Å²) in [4.78, 5) is 2.36. The van der Waals surface area contributed by atoms with Crippen molar-refractivity contribution < 1.29 is 4.74 Å². The van der Waals surface area contributed by atoms with Crippen LogP contribution in [0.15, 0.2) is 24.3 Å². The highest BCUT2D eigenvalue weighted by Crippen LogP contribution is 2.25.